The minimum Gasteiger partial charge on any atom is -0.378 e. The minimum atomic E-state index is -0.402. The maximum Gasteiger partial charge on any atom is 0.317 e. The summed E-state index contributed by atoms with van der Waals surface area (Å²) in [4.78, 5) is 30.3. The number of hydrogen-bond donors (Lipinski definition) is 1. The van der Waals surface area contributed by atoms with Gasteiger partial charge in [0.1, 0.15) is 0 Å². The Balaban J connectivity index is 1.44. The molecule has 1 heterocycles. The van der Waals surface area contributed by atoms with E-state index in [9.17, 15) is 9.59 Å². The lowest BCUT2D eigenvalue weighted by molar-refractivity contribution is -0.136. The molecule has 1 saturated heterocycles. The summed E-state index contributed by atoms with van der Waals surface area (Å²) in [6.45, 7) is 3.94. The van der Waals surface area contributed by atoms with Gasteiger partial charge in [-0.25, -0.2) is 4.79 Å². The number of urea groups is 1. The predicted octanol–water partition coefficient (Wildman–Crippen LogP) is 3.64. The van der Waals surface area contributed by atoms with Crippen LogP contribution in [-0.4, -0.2) is 61.1 Å². The van der Waals surface area contributed by atoms with Gasteiger partial charge in [0.05, 0.1) is 19.1 Å². The lowest BCUT2D eigenvalue weighted by Crippen LogP contribution is -2.48. The molecule has 2 fully saturated rings. The highest BCUT2D eigenvalue weighted by molar-refractivity contribution is 5.85. The molecular weight excluding hydrogens is 402 g/mol. The van der Waals surface area contributed by atoms with E-state index in [0.717, 1.165) is 17.7 Å². The maximum absolute atomic E-state index is 13.3. The smallest absolute Gasteiger partial charge is 0.317 e. The summed E-state index contributed by atoms with van der Waals surface area (Å²) in [5, 5.41) is 3.08. The first-order valence-corrected chi connectivity index (χ1v) is 11.7. The van der Waals surface area contributed by atoms with Crippen LogP contribution in [0.4, 0.5) is 4.79 Å². The topological polar surface area (TPSA) is 61.9 Å². The number of nitrogens with zero attached hydrogens (tertiary/aromatic N) is 2. The number of amides is 3. The summed E-state index contributed by atoms with van der Waals surface area (Å²) in [7, 11) is 0. The number of carbonyl (C=O) groups is 2. The highest BCUT2D eigenvalue weighted by Crippen LogP contribution is 2.28. The molecule has 1 unspecified atom stereocenters. The zero-order chi connectivity index (χ0) is 22.2. The van der Waals surface area contributed by atoms with E-state index in [1.165, 1.54) is 19.3 Å². The Bertz CT molecular complexity index is 864. The number of benzene rings is 2. The van der Waals surface area contributed by atoms with E-state index >= 15 is 0 Å². The third-order valence-corrected chi connectivity index (χ3v) is 6.49. The van der Waals surface area contributed by atoms with E-state index in [1.807, 2.05) is 58.3 Å². The molecule has 6 heteroatoms. The van der Waals surface area contributed by atoms with Crippen molar-refractivity contribution in [1.29, 1.82) is 0 Å². The van der Waals surface area contributed by atoms with Crippen molar-refractivity contribution >= 4 is 11.9 Å². The third-order valence-electron chi connectivity index (χ3n) is 6.49. The number of ether oxygens (including phenoxy) is 1. The molecule has 0 radical (unpaired) electrons. The Kier molecular flexibility index (Phi) is 7.77. The van der Waals surface area contributed by atoms with Gasteiger partial charge < -0.3 is 19.9 Å². The quantitative estimate of drug-likeness (QED) is 0.689. The van der Waals surface area contributed by atoms with Crippen molar-refractivity contribution in [3.8, 4) is 0 Å². The number of carbonyl (C=O) groups excluding carboxylic acids is 2. The van der Waals surface area contributed by atoms with Crippen molar-refractivity contribution in [2.45, 2.75) is 31.7 Å². The minimum absolute atomic E-state index is 0.0494. The van der Waals surface area contributed by atoms with Crippen LogP contribution in [0.1, 0.15) is 36.3 Å². The van der Waals surface area contributed by atoms with Gasteiger partial charge in [0.15, 0.2) is 0 Å². The molecule has 170 valence electrons. The average Bonchev–Trinajstić information content (AvgIpc) is 2.82. The molecule has 1 atom stereocenters. The zero-order valence-electron chi connectivity index (χ0n) is 18.6. The van der Waals surface area contributed by atoms with E-state index in [0.29, 0.717) is 38.8 Å². The van der Waals surface area contributed by atoms with Crippen LogP contribution in [0.25, 0.3) is 0 Å². The molecular formula is C26H33N3O3. The second kappa shape index (κ2) is 11.1. The van der Waals surface area contributed by atoms with E-state index in [1.54, 1.807) is 0 Å². The van der Waals surface area contributed by atoms with Gasteiger partial charge in [-0.05, 0) is 29.9 Å². The normalized spacial score (nSPS) is 17.3. The van der Waals surface area contributed by atoms with Crippen LogP contribution < -0.4 is 5.32 Å². The fourth-order valence-electron chi connectivity index (χ4n) is 4.35. The number of hydrogen-bond acceptors (Lipinski definition) is 3. The molecule has 2 aromatic carbocycles. The average molecular weight is 436 g/mol. The van der Waals surface area contributed by atoms with Crippen LogP contribution in [0.15, 0.2) is 60.7 Å². The molecule has 2 aromatic rings. The zero-order valence-corrected chi connectivity index (χ0v) is 18.6. The summed E-state index contributed by atoms with van der Waals surface area (Å²) in [6.07, 6.45) is 3.61. The van der Waals surface area contributed by atoms with Crippen molar-refractivity contribution in [3.63, 3.8) is 0 Å². The molecule has 0 bridgehead atoms. The van der Waals surface area contributed by atoms with Gasteiger partial charge in [0.25, 0.3) is 0 Å². The van der Waals surface area contributed by atoms with Crippen LogP contribution in [0.3, 0.4) is 0 Å². The summed E-state index contributed by atoms with van der Waals surface area (Å²) < 4.78 is 5.40. The molecule has 1 saturated carbocycles. The Morgan fingerprint density at radius 3 is 2.28 bits per heavy atom. The summed E-state index contributed by atoms with van der Waals surface area (Å²) in [5.41, 5.74) is 2.05. The van der Waals surface area contributed by atoms with Crippen LogP contribution in [0.5, 0.6) is 0 Å². The molecule has 2 aliphatic rings. The van der Waals surface area contributed by atoms with Gasteiger partial charge in [0, 0.05) is 32.7 Å². The lowest BCUT2D eigenvalue weighted by Gasteiger charge is -2.33. The maximum atomic E-state index is 13.3. The van der Waals surface area contributed by atoms with Gasteiger partial charge in [0.2, 0.25) is 5.91 Å². The van der Waals surface area contributed by atoms with Crippen LogP contribution in [0.2, 0.25) is 0 Å². The molecule has 32 heavy (non-hydrogen) atoms. The first-order valence-electron chi connectivity index (χ1n) is 11.7. The fraction of sp³-hybridized carbons (Fsp3) is 0.462. The second-order valence-corrected chi connectivity index (χ2v) is 8.75. The molecule has 1 aliphatic carbocycles. The molecule has 0 aromatic heterocycles. The highest BCUT2D eigenvalue weighted by atomic mass is 16.5. The molecule has 0 spiro atoms. The predicted molar refractivity (Wildman–Crippen MR) is 124 cm³/mol. The molecule has 3 amide bonds. The standard InChI is InChI=1S/C26H33N3O3/c30-25(28-14-16-32-17-15-28)24(23-12-5-2-6-13-23)18-27-26(31)29(20-22-10-7-11-22)19-21-8-3-1-4-9-21/h1-6,8-9,12-13,22,24H,7,10-11,14-20H2,(H,27,31). The third kappa shape index (κ3) is 5.88. The summed E-state index contributed by atoms with van der Waals surface area (Å²) in [5.74, 6) is 0.221. The Hall–Kier alpha value is -2.86. The van der Waals surface area contributed by atoms with Crippen molar-refractivity contribution in [2.24, 2.45) is 5.92 Å². The second-order valence-electron chi connectivity index (χ2n) is 8.75. The monoisotopic (exact) mass is 435 g/mol. The van der Waals surface area contributed by atoms with Crippen molar-refractivity contribution < 1.29 is 14.3 Å². The van der Waals surface area contributed by atoms with Gasteiger partial charge in [-0.2, -0.15) is 0 Å². The Morgan fingerprint density at radius 2 is 1.66 bits per heavy atom. The first-order chi connectivity index (χ1) is 15.7. The van der Waals surface area contributed by atoms with E-state index in [-0.39, 0.29) is 18.5 Å². The van der Waals surface area contributed by atoms with E-state index in [4.69, 9.17) is 4.74 Å². The summed E-state index contributed by atoms with van der Waals surface area (Å²) >= 11 is 0. The summed E-state index contributed by atoms with van der Waals surface area (Å²) in [6, 6.07) is 19.7. The van der Waals surface area contributed by atoms with Crippen molar-refractivity contribution in [1.82, 2.24) is 15.1 Å². The van der Waals surface area contributed by atoms with Gasteiger partial charge in [-0.15, -0.1) is 0 Å². The number of rotatable bonds is 8. The molecule has 1 N–H and O–H groups in total. The largest absolute Gasteiger partial charge is 0.378 e. The van der Waals surface area contributed by atoms with Crippen LogP contribution in [0, 0.1) is 5.92 Å². The molecule has 1 aliphatic heterocycles. The number of nitrogens with one attached hydrogen (secondary N) is 1. The van der Waals surface area contributed by atoms with Gasteiger partial charge in [-0.3, -0.25) is 4.79 Å². The van der Waals surface area contributed by atoms with E-state index < -0.39 is 5.92 Å². The van der Waals surface area contributed by atoms with Crippen LogP contribution >= 0.6 is 0 Å². The lowest BCUT2D eigenvalue weighted by atomic mass is 9.85. The van der Waals surface area contributed by atoms with E-state index in [2.05, 4.69) is 17.4 Å². The first kappa shape index (κ1) is 22.3. The Morgan fingerprint density at radius 1 is 1.00 bits per heavy atom. The highest BCUT2D eigenvalue weighted by Gasteiger charge is 2.29. The molecule has 4 rings (SSSR count). The van der Waals surface area contributed by atoms with Gasteiger partial charge in [-0.1, -0.05) is 67.1 Å². The van der Waals surface area contributed by atoms with Crippen LogP contribution in [-0.2, 0) is 16.1 Å². The Labute approximate surface area is 190 Å². The SMILES string of the molecule is O=C(NCC(C(=O)N1CCOCC1)c1ccccc1)N(Cc1ccccc1)CC1CCC1. The van der Waals surface area contributed by atoms with Gasteiger partial charge >= 0.3 is 6.03 Å². The fourth-order valence-corrected chi connectivity index (χ4v) is 4.35. The molecule has 6 nitrogen and oxygen atoms in total. The van der Waals surface area contributed by atoms with Crippen molar-refractivity contribution in [2.75, 3.05) is 39.4 Å². The van der Waals surface area contributed by atoms with Crippen molar-refractivity contribution in [3.05, 3.63) is 71.8 Å². The number of morpholine rings is 1.